The van der Waals surface area contributed by atoms with E-state index in [-0.39, 0.29) is 6.04 Å². The Bertz CT molecular complexity index is 532. The first kappa shape index (κ1) is 12.5. The normalized spacial score (nSPS) is 20.6. The second-order valence-electron chi connectivity index (χ2n) is 5.24. The number of sulfonamides is 1. The summed E-state index contributed by atoms with van der Waals surface area (Å²) in [7, 11) is -3.34. The van der Waals surface area contributed by atoms with E-state index in [2.05, 4.69) is 4.98 Å². The molecule has 0 aliphatic heterocycles. The molecule has 6 heteroatoms. The van der Waals surface area contributed by atoms with Gasteiger partial charge < -0.3 is 4.98 Å². The standard InChI is InChI=1S/C12H17ClN2O2S/c13-6-10-5-12(7-14-10)18(16,17)15(11-3-4-11)8-9-1-2-9/h5,7,9,11,14H,1-4,6,8H2. The fourth-order valence-corrected chi connectivity index (χ4v) is 4.08. The maximum absolute atomic E-state index is 12.6. The van der Waals surface area contributed by atoms with E-state index in [1.165, 1.54) is 12.8 Å². The molecule has 1 heterocycles. The van der Waals surface area contributed by atoms with Gasteiger partial charge in [-0.25, -0.2) is 8.42 Å². The van der Waals surface area contributed by atoms with Gasteiger partial charge in [-0.05, 0) is 37.7 Å². The molecule has 2 aliphatic carbocycles. The van der Waals surface area contributed by atoms with Crippen molar-refractivity contribution in [3.05, 3.63) is 18.0 Å². The summed E-state index contributed by atoms with van der Waals surface area (Å²) in [5, 5.41) is 0. The highest BCUT2D eigenvalue weighted by Crippen LogP contribution is 2.38. The predicted octanol–water partition coefficient (Wildman–Crippen LogP) is 2.32. The first-order valence-electron chi connectivity index (χ1n) is 6.36. The fraction of sp³-hybridized carbons (Fsp3) is 0.667. The zero-order valence-electron chi connectivity index (χ0n) is 10.1. The van der Waals surface area contributed by atoms with Crippen LogP contribution in [-0.4, -0.2) is 30.3 Å². The van der Waals surface area contributed by atoms with Crippen molar-refractivity contribution in [2.24, 2.45) is 5.92 Å². The lowest BCUT2D eigenvalue weighted by molar-refractivity contribution is 0.389. The molecule has 2 fully saturated rings. The molecule has 0 unspecified atom stereocenters. The third-order valence-corrected chi connectivity index (χ3v) is 5.74. The number of H-pyrrole nitrogens is 1. The minimum Gasteiger partial charge on any atom is -0.363 e. The molecule has 1 N–H and O–H groups in total. The monoisotopic (exact) mass is 288 g/mol. The average Bonchev–Trinajstić information content (AvgIpc) is 3.24. The third kappa shape index (κ3) is 2.44. The van der Waals surface area contributed by atoms with Crippen LogP contribution >= 0.6 is 11.6 Å². The Morgan fingerprint density at radius 3 is 2.56 bits per heavy atom. The Kier molecular flexibility index (Phi) is 3.16. The van der Waals surface area contributed by atoms with Crippen LogP contribution in [0.25, 0.3) is 0 Å². The van der Waals surface area contributed by atoms with Gasteiger partial charge in [0.2, 0.25) is 10.0 Å². The molecular weight excluding hydrogens is 272 g/mol. The molecule has 4 nitrogen and oxygen atoms in total. The van der Waals surface area contributed by atoms with Crippen molar-refractivity contribution in [1.29, 1.82) is 0 Å². The highest BCUT2D eigenvalue weighted by atomic mass is 35.5. The lowest BCUT2D eigenvalue weighted by Gasteiger charge is -2.20. The summed E-state index contributed by atoms with van der Waals surface area (Å²) in [5.41, 5.74) is 0.748. The van der Waals surface area contributed by atoms with E-state index in [4.69, 9.17) is 11.6 Å². The largest absolute Gasteiger partial charge is 0.363 e. The molecule has 1 aromatic rings. The first-order chi connectivity index (χ1) is 8.61. The second kappa shape index (κ2) is 4.54. The molecule has 0 radical (unpaired) electrons. The summed E-state index contributed by atoms with van der Waals surface area (Å²) in [6, 6.07) is 1.87. The molecule has 0 atom stereocenters. The zero-order valence-corrected chi connectivity index (χ0v) is 11.7. The van der Waals surface area contributed by atoms with Gasteiger partial charge in [-0.15, -0.1) is 11.6 Å². The summed E-state index contributed by atoms with van der Waals surface area (Å²) in [4.78, 5) is 3.26. The minimum atomic E-state index is -3.34. The number of aromatic nitrogens is 1. The van der Waals surface area contributed by atoms with E-state index < -0.39 is 10.0 Å². The maximum atomic E-state index is 12.6. The van der Waals surface area contributed by atoms with Crippen LogP contribution in [0.2, 0.25) is 0 Å². The number of hydrogen-bond donors (Lipinski definition) is 1. The molecule has 0 spiro atoms. The van der Waals surface area contributed by atoms with Crippen molar-refractivity contribution in [1.82, 2.24) is 9.29 Å². The molecule has 18 heavy (non-hydrogen) atoms. The molecule has 3 rings (SSSR count). The van der Waals surface area contributed by atoms with Gasteiger partial charge in [0.25, 0.3) is 0 Å². The number of halogens is 1. The SMILES string of the molecule is O=S(=O)(c1c[nH]c(CCl)c1)N(CC1CC1)C1CC1. The van der Waals surface area contributed by atoms with Crippen LogP contribution in [0.1, 0.15) is 31.4 Å². The number of nitrogens with one attached hydrogen (secondary N) is 1. The number of aromatic amines is 1. The van der Waals surface area contributed by atoms with Crippen LogP contribution in [0.3, 0.4) is 0 Å². The van der Waals surface area contributed by atoms with Crippen molar-refractivity contribution in [2.75, 3.05) is 6.54 Å². The number of alkyl halides is 1. The predicted molar refractivity (Wildman–Crippen MR) is 70.0 cm³/mol. The molecule has 1 aromatic heterocycles. The van der Waals surface area contributed by atoms with Crippen molar-refractivity contribution < 1.29 is 8.42 Å². The van der Waals surface area contributed by atoms with Crippen LogP contribution in [0.5, 0.6) is 0 Å². The highest BCUT2D eigenvalue weighted by Gasteiger charge is 2.41. The number of rotatable bonds is 6. The summed E-state index contributed by atoms with van der Waals surface area (Å²) < 4.78 is 26.8. The van der Waals surface area contributed by atoms with E-state index in [9.17, 15) is 8.42 Å². The lowest BCUT2D eigenvalue weighted by Crippen LogP contribution is -2.34. The molecule has 0 saturated heterocycles. The van der Waals surface area contributed by atoms with Crippen LogP contribution in [0.4, 0.5) is 0 Å². The molecular formula is C12H17ClN2O2S. The zero-order chi connectivity index (χ0) is 12.8. The summed E-state index contributed by atoms with van der Waals surface area (Å²) in [6.07, 6.45) is 5.88. The Labute approximate surface area is 112 Å². The molecule has 0 amide bonds. The quantitative estimate of drug-likeness (QED) is 0.817. The van der Waals surface area contributed by atoms with E-state index in [0.29, 0.717) is 23.2 Å². The van der Waals surface area contributed by atoms with Gasteiger partial charge in [-0.2, -0.15) is 4.31 Å². The minimum absolute atomic E-state index is 0.227. The van der Waals surface area contributed by atoms with Crippen molar-refractivity contribution in [2.45, 2.75) is 42.5 Å². The summed E-state index contributed by atoms with van der Waals surface area (Å²) >= 11 is 5.70. The van der Waals surface area contributed by atoms with Gasteiger partial charge in [0.05, 0.1) is 10.8 Å². The lowest BCUT2D eigenvalue weighted by atomic mass is 10.4. The third-order valence-electron chi connectivity index (χ3n) is 3.56. The van der Waals surface area contributed by atoms with Crippen LogP contribution < -0.4 is 0 Å². The summed E-state index contributed by atoms with van der Waals surface area (Å²) in [6.45, 7) is 0.689. The van der Waals surface area contributed by atoms with Crippen molar-refractivity contribution >= 4 is 21.6 Å². The Hall–Kier alpha value is -0.520. The highest BCUT2D eigenvalue weighted by molar-refractivity contribution is 7.89. The van der Waals surface area contributed by atoms with Crippen LogP contribution in [0.15, 0.2) is 17.2 Å². The molecule has 2 aliphatic rings. The second-order valence-corrected chi connectivity index (χ2v) is 7.40. The van der Waals surface area contributed by atoms with Crippen LogP contribution in [-0.2, 0) is 15.9 Å². The van der Waals surface area contributed by atoms with Crippen molar-refractivity contribution in [3.63, 3.8) is 0 Å². The van der Waals surface area contributed by atoms with E-state index in [0.717, 1.165) is 18.5 Å². The topological polar surface area (TPSA) is 53.2 Å². The van der Waals surface area contributed by atoms with Gasteiger partial charge in [-0.1, -0.05) is 0 Å². The average molecular weight is 289 g/mol. The number of nitrogens with zero attached hydrogens (tertiary/aromatic N) is 1. The Morgan fingerprint density at radius 1 is 1.33 bits per heavy atom. The van der Waals surface area contributed by atoms with E-state index >= 15 is 0 Å². The fourth-order valence-electron chi connectivity index (χ4n) is 2.14. The van der Waals surface area contributed by atoms with Gasteiger partial charge in [0.15, 0.2) is 0 Å². The van der Waals surface area contributed by atoms with Gasteiger partial charge in [0.1, 0.15) is 0 Å². The van der Waals surface area contributed by atoms with E-state index in [1.54, 1.807) is 16.6 Å². The molecule has 0 bridgehead atoms. The summed E-state index contributed by atoms with van der Waals surface area (Å²) in [5.74, 6) is 0.883. The smallest absolute Gasteiger partial charge is 0.244 e. The maximum Gasteiger partial charge on any atom is 0.244 e. The van der Waals surface area contributed by atoms with Gasteiger partial charge in [0, 0.05) is 24.5 Å². The van der Waals surface area contributed by atoms with Gasteiger partial charge in [-0.3, -0.25) is 0 Å². The van der Waals surface area contributed by atoms with Crippen LogP contribution in [0, 0.1) is 5.92 Å². The van der Waals surface area contributed by atoms with Crippen molar-refractivity contribution in [3.8, 4) is 0 Å². The Balaban J connectivity index is 1.85. The first-order valence-corrected chi connectivity index (χ1v) is 8.34. The Morgan fingerprint density at radius 2 is 2.06 bits per heavy atom. The van der Waals surface area contributed by atoms with E-state index in [1.807, 2.05) is 0 Å². The molecule has 100 valence electrons. The number of hydrogen-bond acceptors (Lipinski definition) is 2. The molecule has 2 saturated carbocycles. The molecule has 0 aromatic carbocycles. The van der Waals surface area contributed by atoms with Gasteiger partial charge >= 0.3 is 0 Å².